The molecule has 2 aromatic rings. The van der Waals surface area contributed by atoms with Crippen LogP contribution in [0.5, 0.6) is 11.5 Å². The van der Waals surface area contributed by atoms with Crippen LogP contribution in [-0.4, -0.2) is 0 Å². The van der Waals surface area contributed by atoms with Crippen molar-refractivity contribution in [1.82, 2.24) is 0 Å². The Bertz CT molecular complexity index is 618. The first-order valence-electron chi connectivity index (χ1n) is 6.29. The molecular formula is C17H17NO. The van der Waals surface area contributed by atoms with Crippen LogP contribution in [0, 0.1) is 11.3 Å². The molecule has 0 bridgehead atoms. The third-order valence-electron chi connectivity index (χ3n) is 2.92. The van der Waals surface area contributed by atoms with Crippen LogP contribution >= 0.6 is 0 Å². The number of para-hydroxylation sites is 2. The number of rotatable bonds is 2. The summed E-state index contributed by atoms with van der Waals surface area (Å²) in [5.74, 6) is 1.40. The predicted octanol–water partition coefficient (Wildman–Crippen LogP) is 4.65. The summed E-state index contributed by atoms with van der Waals surface area (Å²) in [5, 5.41) is 9.10. The number of benzene rings is 2. The van der Waals surface area contributed by atoms with Gasteiger partial charge in [0.2, 0.25) is 0 Å². The van der Waals surface area contributed by atoms with Gasteiger partial charge in [-0.3, -0.25) is 0 Å². The van der Waals surface area contributed by atoms with Crippen LogP contribution in [0.3, 0.4) is 0 Å². The lowest BCUT2D eigenvalue weighted by Crippen LogP contribution is -2.12. The molecule has 2 aromatic carbocycles. The normalized spacial score (nSPS) is 10.8. The maximum absolute atomic E-state index is 9.10. The smallest absolute Gasteiger partial charge is 0.145 e. The molecule has 19 heavy (non-hydrogen) atoms. The molecule has 0 aliphatic rings. The zero-order chi connectivity index (χ0) is 13.9. The Balaban J connectivity index is 2.43. The van der Waals surface area contributed by atoms with Crippen LogP contribution < -0.4 is 4.74 Å². The third kappa shape index (κ3) is 2.95. The highest BCUT2D eigenvalue weighted by Crippen LogP contribution is 2.34. The Kier molecular flexibility index (Phi) is 3.57. The summed E-state index contributed by atoms with van der Waals surface area (Å²) in [5.41, 5.74) is 1.67. The third-order valence-corrected chi connectivity index (χ3v) is 2.92. The van der Waals surface area contributed by atoms with Crippen molar-refractivity contribution < 1.29 is 4.74 Å². The summed E-state index contributed by atoms with van der Waals surface area (Å²) in [6.07, 6.45) is 0. The maximum atomic E-state index is 9.10. The van der Waals surface area contributed by atoms with Crippen molar-refractivity contribution in [2.75, 3.05) is 0 Å². The monoisotopic (exact) mass is 251 g/mol. The van der Waals surface area contributed by atoms with Gasteiger partial charge in [-0.1, -0.05) is 51.1 Å². The molecule has 0 spiro atoms. The van der Waals surface area contributed by atoms with E-state index in [2.05, 4.69) is 32.9 Å². The minimum atomic E-state index is -0.00181. The van der Waals surface area contributed by atoms with Gasteiger partial charge in [-0.25, -0.2) is 0 Å². The zero-order valence-corrected chi connectivity index (χ0v) is 11.5. The predicted molar refractivity (Wildman–Crippen MR) is 76.4 cm³/mol. The lowest BCUT2D eigenvalue weighted by atomic mass is 9.86. The Morgan fingerprint density at radius 2 is 1.47 bits per heavy atom. The molecule has 0 aromatic heterocycles. The lowest BCUT2D eigenvalue weighted by molar-refractivity contribution is 0.454. The van der Waals surface area contributed by atoms with Gasteiger partial charge in [0.1, 0.15) is 17.6 Å². The molecule has 0 atom stereocenters. The second kappa shape index (κ2) is 5.16. The van der Waals surface area contributed by atoms with Crippen LogP contribution in [0.1, 0.15) is 31.9 Å². The molecule has 2 nitrogen and oxygen atoms in total. The first-order valence-corrected chi connectivity index (χ1v) is 6.29. The fourth-order valence-electron chi connectivity index (χ4n) is 1.94. The van der Waals surface area contributed by atoms with E-state index in [1.165, 1.54) is 0 Å². The summed E-state index contributed by atoms with van der Waals surface area (Å²) in [4.78, 5) is 0. The minimum Gasteiger partial charge on any atom is -0.456 e. The Labute approximate surface area is 114 Å². The van der Waals surface area contributed by atoms with Crippen molar-refractivity contribution in [3.63, 3.8) is 0 Å². The van der Waals surface area contributed by atoms with Crippen molar-refractivity contribution >= 4 is 0 Å². The van der Waals surface area contributed by atoms with E-state index >= 15 is 0 Å². The SMILES string of the molecule is CC(C)(C)c1ccccc1Oc1ccccc1C#N. The van der Waals surface area contributed by atoms with Gasteiger partial charge >= 0.3 is 0 Å². The van der Waals surface area contributed by atoms with E-state index in [0.717, 1.165) is 11.3 Å². The quantitative estimate of drug-likeness (QED) is 0.778. The molecule has 0 saturated heterocycles. The van der Waals surface area contributed by atoms with E-state index in [0.29, 0.717) is 11.3 Å². The van der Waals surface area contributed by atoms with E-state index in [4.69, 9.17) is 10.00 Å². The number of ether oxygens (including phenoxy) is 1. The fourth-order valence-corrected chi connectivity index (χ4v) is 1.94. The standard InChI is InChI=1S/C17H17NO/c1-17(2,3)14-9-5-7-11-16(14)19-15-10-6-4-8-13(15)12-18/h4-11H,1-3H3. The highest BCUT2D eigenvalue weighted by Gasteiger charge is 2.19. The first kappa shape index (κ1) is 13.2. The van der Waals surface area contributed by atoms with Crippen molar-refractivity contribution in [3.05, 3.63) is 59.7 Å². The van der Waals surface area contributed by atoms with Crippen LogP contribution in [0.15, 0.2) is 48.5 Å². The van der Waals surface area contributed by atoms with Gasteiger partial charge in [0, 0.05) is 5.56 Å². The van der Waals surface area contributed by atoms with Crippen LogP contribution in [0.4, 0.5) is 0 Å². The van der Waals surface area contributed by atoms with Crippen molar-refractivity contribution in [2.24, 2.45) is 0 Å². The Hall–Kier alpha value is -2.27. The second-order valence-corrected chi connectivity index (χ2v) is 5.46. The van der Waals surface area contributed by atoms with Gasteiger partial charge in [0.25, 0.3) is 0 Å². The summed E-state index contributed by atoms with van der Waals surface area (Å²) >= 11 is 0. The minimum absolute atomic E-state index is 0.00181. The maximum Gasteiger partial charge on any atom is 0.145 e. The molecular weight excluding hydrogens is 234 g/mol. The summed E-state index contributed by atoms with van der Waals surface area (Å²) < 4.78 is 5.94. The topological polar surface area (TPSA) is 33.0 Å². The molecule has 96 valence electrons. The van der Waals surface area contributed by atoms with Gasteiger partial charge in [-0.15, -0.1) is 0 Å². The van der Waals surface area contributed by atoms with E-state index in [-0.39, 0.29) is 5.41 Å². The van der Waals surface area contributed by atoms with Gasteiger partial charge in [-0.2, -0.15) is 5.26 Å². The molecule has 0 heterocycles. The molecule has 0 saturated carbocycles. The Morgan fingerprint density at radius 3 is 2.11 bits per heavy atom. The molecule has 2 heteroatoms. The average molecular weight is 251 g/mol. The molecule has 2 rings (SSSR count). The summed E-state index contributed by atoms with van der Waals surface area (Å²) in [7, 11) is 0. The number of nitrogens with zero attached hydrogens (tertiary/aromatic N) is 1. The van der Waals surface area contributed by atoms with Crippen molar-refractivity contribution in [1.29, 1.82) is 5.26 Å². The van der Waals surface area contributed by atoms with Crippen molar-refractivity contribution in [3.8, 4) is 17.6 Å². The summed E-state index contributed by atoms with van der Waals surface area (Å²) in [6, 6.07) is 17.4. The fraction of sp³-hybridized carbons (Fsp3) is 0.235. The highest BCUT2D eigenvalue weighted by atomic mass is 16.5. The van der Waals surface area contributed by atoms with E-state index in [1.807, 2.05) is 36.4 Å². The molecule has 0 amide bonds. The molecule has 0 aliphatic carbocycles. The number of hydrogen-bond acceptors (Lipinski definition) is 2. The van der Waals surface area contributed by atoms with Crippen LogP contribution in [0.2, 0.25) is 0 Å². The van der Waals surface area contributed by atoms with Crippen molar-refractivity contribution in [2.45, 2.75) is 26.2 Å². The van der Waals surface area contributed by atoms with E-state index in [1.54, 1.807) is 6.07 Å². The molecule has 0 aliphatic heterocycles. The summed E-state index contributed by atoms with van der Waals surface area (Å²) in [6.45, 7) is 6.43. The van der Waals surface area contributed by atoms with Gasteiger partial charge < -0.3 is 4.74 Å². The molecule has 0 fully saturated rings. The lowest BCUT2D eigenvalue weighted by Gasteiger charge is -2.22. The Morgan fingerprint density at radius 1 is 0.895 bits per heavy atom. The van der Waals surface area contributed by atoms with Gasteiger partial charge in [-0.05, 0) is 23.6 Å². The number of nitriles is 1. The molecule has 0 radical (unpaired) electrons. The second-order valence-electron chi connectivity index (χ2n) is 5.46. The van der Waals surface area contributed by atoms with Crippen LogP contribution in [0.25, 0.3) is 0 Å². The van der Waals surface area contributed by atoms with Crippen LogP contribution in [-0.2, 0) is 5.41 Å². The average Bonchev–Trinajstić information content (AvgIpc) is 2.39. The first-order chi connectivity index (χ1) is 9.02. The molecule has 0 N–H and O–H groups in total. The van der Waals surface area contributed by atoms with Gasteiger partial charge in [0.05, 0.1) is 5.56 Å². The highest BCUT2D eigenvalue weighted by molar-refractivity contribution is 5.47. The van der Waals surface area contributed by atoms with E-state index in [9.17, 15) is 0 Å². The van der Waals surface area contributed by atoms with E-state index < -0.39 is 0 Å². The molecule has 0 unspecified atom stereocenters. The largest absolute Gasteiger partial charge is 0.456 e. The zero-order valence-electron chi connectivity index (χ0n) is 11.5. The van der Waals surface area contributed by atoms with Gasteiger partial charge in [0.15, 0.2) is 0 Å². The number of hydrogen-bond donors (Lipinski definition) is 0.